The maximum Gasteiger partial charge on any atom is 0.184 e. The third-order valence-electron chi connectivity index (χ3n) is 5.66. The highest BCUT2D eigenvalue weighted by Crippen LogP contribution is 2.40. The van der Waals surface area contributed by atoms with Gasteiger partial charge in [0.2, 0.25) is 0 Å². The van der Waals surface area contributed by atoms with Crippen molar-refractivity contribution in [1.29, 1.82) is 0 Å². The first-order chi connectivity index (χ1) is 15.8. The number of hydrogen-bond acceptors (Lipinski definition) is 6. The minimum Gasteiger partial charge on any atom is -0.387 e. The first-order valence-electron chi connectivity index (χ1n) is 10.8. The number of rotatable bonds is 6. The molecule has 2 heterocycles. The van der Waals surface area contributed by atoms with Gasteiger partial charge in [0.25, 0.3) is 0 Å². The summed E-state index contributed by atoms with van der Waals surface area (Å²) in [6, 6.07) is 29.7. The summed E-state index contributed by atoms with van der Waals surface area (Å²) in [6.45, 7) is 0.753. The highest BCUT2D eigenvalue weighted by molar-refractivity contribution is 7.99. The average molecular weight is 451 g/mol. The molecule has 5 nitrogen and oxygen atoms in total. The monoisotopic (exact) mass is 450 g/mol. The SMILES string of the molecule is O[C@H]1[C@@H](OCc2ccccc2)[C@@H]2OC(c3ccccc3)OC[C@H]2O[C@@H]1Sc1ccccc1. The fourth-order valence-corrected chi connectivity index (χ4v) is 5.11. The van der Waals surface area contributed by atoms with Crippen LogP contribution in [0, 0.1) is 0 Å². The fourth-order valence-electron chi connectivity index (χ4n) is 4.03. The Morgan fingerprint density at radius 3 is 2.22 bits per heavy atom. The number of aliphatic hydroxyl groups excluding tert-OH is 1. The van der Waals surface area contributed by atoms with Crippen LogP contribution in [-0.2, 0) is 25.6 Å². The Labute approximate surface area is 192 Å². The lowest BCUT2D eigenvalue weighted by Crippen LogP contribution is -2.61. The molecule has 0 saturated carbocycles. The molecule has 0 bridgehead atoms. The molecule has 0 aliphatic carbocycles. The van der Waals surface area contributed by atoms with Crippen LogP contribution in [0.15, 0.2) is 95.9 Å². The molecule has 2 saturated heterocycles. The third kappa shape index (κ3) is 4.91. The average Bonchev–Trinajstić information content (AvgIpc) is 2.86. The second-order valence-corrected chi connectivity index (χ2v) is 9.07. The zero-order chi connectivity index (χ0) is 21.8. The van der Waals surface area contributed by atoms with E-state index < -0.39 is 30.0 Å². The Morgan fingerprint density at radius 1 is 0.844 bits per heavy atom. The van der Waals surface area contributed by atoms with E-state index in [0.717, 1.165) is 16.0 Å². The number of fused-ring (bicyclic) bond motifs is 1. The van der Waals surface area contributed by atoms with Crippen molar-refractivity contribution < 1.29 is 24.1 Å². The van der Waals surface area contributed by atoms with Crippen molar-refractivity contribution in [2.24, 2.45) is 0 Å². The van der Waals surface area contributed by atoms with E-state index in [1.165, 1.54) is 11.8 Å². The van der Waals surface area contributed by atoms with Gasteiger partial charge in [-0.1, -0.05) is 90.6 Å². The molecule has 2 aliphatic rings. The minimum absolute atomic E-state index is 0.333. The normalized spacial score (nSPS) is 29.9. The first-order valence-corrected chi connectivity index (χ1v) is 11.7. The summed E-state index contributed by atoms with van der Waals surface area (Å²) in [6.07, 6.45) is -2.71. The van der Waals surface area contributed by atoms with Gasteiger partial charge in [-0.05, 0) is 17.7 Å². The number of hydrogen-bond donors (Lipinski definition) is 1. The van der Waals surface area contributed by atoms with Crippen molar-refractivity contribution in [2.45, 2.75) is 47.6 Å². The van der Waals surface area contributed by atoms with Gasteiger partial charge < -0.3 is 24.1 Å². The van der Waals surface area contributed by atoms with Crippen LogP contribution >= 0.6 is 11.8 Å². The van der Waals surface area contributed by atoms with E-state index in [9.17, 15) is 5.11 Å². The minimum atomic E-state index is -0.861. The van der Waals surface area contributed by atoms with Gasteiger partial charge in [-0.2, -0.15) is 0 Å². The number of ether oxygens (including phenoxy) is 4. The summed E-state index contributed by atoms with van der Waals surface area (Å²) in [4.78, 5) is 1.02. The lowest BCUT2D eigenvalue weighted by molar-refractivity contribution is -0.325. The molecule has 2 aliphatic heterocycles. The van der Waals surface area contributed by atoms with Crippen molar-refractivity contribution in [3.05, 3.63) is 102 Å². The van der Waals surface area contributed by atoms with Crippen LogP contribution in [0.25, 0.3) is 0 Å². The van der Waals surface area contributed by atoms with Gasteiger partial charge in [0.1, 0.15) is 29.9 Å². The smallest absolute Gasteiger partial charge is 0.184 e. The highest BCUT2D eigenvalue weighted by atomic mass is 32.2. The standard InChI is InChI=1S/C26H26O5S/c27-22-24(28-16-18-10-4-1-5-11-18)23-21(30-26(22)32-20-14-8-3-9-15-20)17-29-25(31-23)19-12-6-2-7-13-19/h1-15,21-27H,16-17H2/t21-,22+,23-,24-,25?,26-/m1/s1. The maximum absolute atomic E-state index is 11.3. The van der Waals surface area contributed by atoms with Crippen LogP contribution in [0.5, 0.6) is 0 Å². The fraction of sp³-hybridized carbons (Fsp3) is 0.308. The molecule has 0 amide bonds. The predicted molar refractivity (Wildman–Crippen MR) is 122 cm³/mol. The molecule has 6 atom stereocenters. The van der Waals surface area contributed by atoms with E-state index in [2.05, 4.69) is 0 Å². The summed E-state index contributed by atoms with van der Waals surface area (Å²) in [5.41, 5.74) is 1.49. The zero-order valence-electron chi connectivity index (χ0n) is 17.5. The quantitative estimate of drug-likeness (QED) is 0.594. The lowest BCUT2D eigenvalue weighted by Gasteiger charge is -2.47. The Balaban J connectivity index is 1.36. The Morgan fingerprint density at radius 2 is 1.50 bits per heavy atom. The van der Waals surface area contributed by atoms with E-state index >= 15 is 0 Å². The van der Waals surface area contributed by atoms with E-state index in [0.29, 0.717) is 13.2 Å². The topological polar surface area (TPSA) is 57.2 Å². The number of thioether (sulfide) groups is 1. The van der Waals surface area contributed by atoms with E-state index in [-0.39, 0.29) is 6.10 Å². The van der Waals surface area contributed by atoms with E-state index in [1.54, 1.807) is 0 Å². The largest absolute Gasteiger partial charge is 0.387 e. The van der Waals surface area contributed by atoms with E-state index in [1.807, 2.05) is 91.0 Å². The van der Waals surface area contributed by atoms with Gasteiger partial charge in [-0.3, -0.25) is 0 Å². The van der Waals surface area contributed by atoms with E-state index in [4.69, 9.17) is 18.9 Å². The van der Waals surface area contributed by atoms with Crippen LogP contribution in [-0.4, -0.2) is 41.6 Å². The molecule has 6 heteroatoms. The molecule has 166 valence electrons. The van der Waals surface area contributed by atoms with Gasteiger partial charge in [0.15, 0.2) is 6.29 Å². The molecular weight excluding hydrogens is 424 g/mol. The number of aliphatic hydroxyl groups is 1. The highest BCUT2D eigenvalue weighted by Gasteiger charge is 2.50. The lowest BCUT2D eigenvalue weighted by atomic mass is 9.98. The number of benzene rings is 3. The maximum atomic E-state index is 11.3. The first kappa shape index (κ1) is 21.6. The van der Waals surface area contributed by atoms with Crippen molar-refractivity contribution in [3.63, 3.8) is 0 Å². The molecule has 3 aromatic carbocycles. The molecule has 2 fully saturated rings. The molecule has 32 heavy (non-hydrogen) atoms. The Bertz CT molecular complexity index is 971. The third-order valence-corrected chi connectivity index (χ3v) is 6.83. The summed E-state index contributed by atoms with van der Waals surface area (Å²) in [7, 11) is 0. The summed E-state index contributed by atoms with van der Waals surface area (Å²) < 4.78 is 24.8. The molecule has 5 rings (SSSR count). The Hall–Kier alpha value is -2.19. The van der Waals surface area contributed by atoms with Crippen molar-refractivity contribution in [1.82, 2.24) is 0 Å². The van der Waals surface area contributed by atoms with Crippen molar-refractivity contribution in [2.75, 3.05) is 6.61 Å². The van der Waals surface area contributed by atoms with Gasteiger partial charge in [-0.15, -0.1) is 0 Å². The molecule has 1 N–H and O–H groups in total. The van der Waals surface area contributed by atoms with Gasteiger partial charge in [-0.25, -0.2) is 0 Å². The van der Waals surface area contributed by atoms with Gasteiger partial charge in [0, 0.05) is 10.5 Å². The van der Waals surface area contributed by atoms with Gasteiger partial charge in [0.05, 0.1) is 13.2 Å². The molecule has 0 radical (unpaired) electrons. The molecule has 3 aromatic rings. The Kier molecular flexibility index (Phi) is 6.88. The molecule has 0 spiro atoms. The van der Waals surface area contributed by atoms with Crippen LogP contribution in [0.4, 0.5) is 0 Å². The molecule has 0 aromatic heterocycles. The second kappa shape index (κ2) is 10.2. The summed E-state index contributed by atoms with van der Waals surface area (Å²) >= 11 is 1.49. The zero-order valence-corrected chi connectivity index (χ0v) is 18.3. The summed E-state index contributed by atoms with van der Waals surface area (Å²) in [5, 5.41) is 11.3. The van der Waals surface area contributed by atoms with Crippen LogP contribution in [0.1, 0.15) is 17.4 Å². The van der Waals surface area contributed by atoms with Crippen LogP contribution in [0.2, 0.25) is 0 Å². The molecule has 1 unspecified atom stereocenters. The van der Waals surface area contributed by atoms with Crippen LogP contribution < -0.4 is 0 Å². The van der Waals surface area contributed by atoms with Crippen molar-refractivity contribution >= 4 is 11.8 Å². The molecular formula is C26H26O5S. The predicted octanol–water partition coefficient (Wildman–Crippen LogP) is 4.56. The van der Waals surface area contributed by atoms with Gasteiger partial charge >= 0.3 is 0 Å². The summed E-state index contributed by atoms with van der Waals surface area (Å²) in [5.74, 6) is 0. The van der Waals surface area contributed by atoms with Crippen LogP contribution in [0.3, 0.4) is 0 Å². The second-order valence-electron chi connectivity index (χ2n) is 7.90. The van der Waals surface area contributed by atoms with Crippen molar-refractivity contribution in [3.8, 4) is 0 Å².